The standard InChI is InChI=1S/C13H12N4O2/c1-8-4-3-5-10(11(8)18)13-15-12(16-19-13)9-6-14-17(2)7-9/h3-7,18H,1-2H3. The van der Waals surface area contributed by atoms with Gasteiger partial charge in [-0.2, -0.15) is 10.1 Å². The van der Waals surface area contributed by atoms with Crippen molar-refractivity contribution >= 4 is 0 Å². The molecule has 0 unspecified atom stereocenters. The highest BCUT2D eigenvalue weighted by Gasteiger charge is 2.15. The Morgan fingerprint density at radius 2 is 2.16 bits per heavy atom. The lowest BCUT2D eigenvalue weighted by molar-refractivity contribution is 0.425. The molecule has 0 saturated heterocycles. The number of benzene rings is 1. The molecule has 3 rings (SSSR count). The maximum atomic E-state index is 9.99. The molecule has 0 radical (unpaired) electrons. The summed E-state index contributed by atoms with van der Waals surface area (Å²) in [5, 5.41) is 17.9. The fourth-order valence-corrected chi connectivity index (χ4v) is 1.82. The van der Waals surface area contributed by atoms with E-state index in [1.54, 1.807) is 23.1 Å². The van der Waals surface area contributed by atoms with E-state index in [0.717, 1.165) is 11.1 Å². The molecule has 6 nitrogen and oxygen atoms in total. The third-order valence-electron chi connectivity index (χ3n) is 2.86. The lowest BCUT2D eigenvalue weighted by Crippen LogP contribution is -1.84. The van der Waals surface area contributed by atoms with Gasteiger partial charge in [-0.25, -0.2) is 0 Å². The first kappa shape index (κ1) is 11.5. The highest BCUT2D eigenvalue weighted by atomic mass is 16.5. The first-order valence-electron chi connectivity index (χ1n) is 5.77. The van der Waals surface area contributed by atoms with Crippen LogP contribution in [-0.2, 0) is 7.05 Å². The van der Waals surface area contributed by atoms with E-state index in [-0.39, 0.29) is 5.75 Å². The van der Waals surface area contributed by atoms with Gasteiger partial charge in [0.05, 0.1) is 17.3 Å². The van der Waals surface area contributed by atoms with Crippen molar-refractivity contribution in [2.75, 3.05) is 0 Å². The van der Waals surface area contributed by atoms with E-state index in [1.165, 1.54) is 0 Å². The predicted molar refractivity (Wildman–Crippen MR) is 68.3 cm³/mol. The Hall–Kier alpha value is -2.63. The number of nitrogens with zero attached hydrogens (tertiary/aromatic N) is 4. The zero-order chi connectivity index (χ0) is 13.4. The number of phenols is 1. The third kappa shape index (κ3) is 1.97. The first-order chi connectivity index (χ1) is 9.15. The number of hydrogen-bond donors (Lipinski definition) is 1. The molecular formula is C13H12N4O2. The van der Waals surface area contributed by atoms with Crippen molar-refractivity contribution < 1.29 is 9.63 Å². The maximum Gasteiger partial charge on any atom is 0.262 e. The van der Waals surface area contributed by atoms with Crippen LogP contribution in [0.15, 0.2) is 35.1 Å². The molecule has 2 aromatic heterocycles. The Bertz CT molecular complexity index is 730. The molecule has 0 spiro atoms. The van der Waals surface area contributed by atoms with Crippen molar-refractivity contribution in [3.8, 4) is 28.6 Å². The van der Waals surface area contributed by atoms with Crippen LogP contribution in [0, 0.1) is 6.92 Å². The highest BCUT2D eigenvalue weighted by molar-refractivity contribution is 5.66. The molecule has 0 bridgehead atoms. The van der Waals surface area contributed by atoms with E-state index in [9.17, 15) is 5.11 Å². The molecule has 1 aromatic carbocycles. The van der Waals surface area contributed by atoms with Crippen LogP contribution in [0.1, 0.15) is 5.56 Å². The van der Waals surface area contributed by atoms with E-state index >= 15 is 0 Å². The Kier molecular flexibility index (Phi) is 2.56. The van der Waals surface area contributed by atoms with Crippen LogP contribution in [0.2, 0.25) is 0 Å². The quantitative estimate of drug-likeness (QED) is 0.760. The molecule has 19 heavy (non-hydrogen) atoms. The van der Waals surface area contributed by atoms with E-state index in [2.05, 4.69) is 15.2 Å². The van der Waals surface area contributed by atoms with Gasteiger partial charge < -0.3 is 9.63 Å². The van der Waals surface area contributed by atoms with Gasteiger partial charge >= 0.3 is 0 Å². The van der Waals surface area contributed by atoms with Crippen LogP contribution in [0.5, 0.6) is 5.75 Å². The van der Waals surface area contributed by atoms with Crippen LogP contribution in [0.25, 0.3) is 22.8 Å². The maximum absolute atomic E-state index is 9.99. The molecule has 3 aromatic rings. The van der Waals surface area contributed by atoms with Gasteiger partial charge in [0.15, 0.2) is 0 Å². The number of para-hydroxylation sites is 1. The van der Waals surface area contributed by atoms with Crippen LogP contribution in [-0.4, -0.2) is 25.0 Å². The second-order valence-electron chi connectivity index (χ2n) is 4.30. The van der Waals surface area contributed by atoms with Gasteiger partial charge in [-0.1, -0.05) is 17.3 Å². The summed E-state index contributed by atoms with van der Waals surface area (Å²) in [6.07, 6.45) is 3.45. The molecule has 1 N–H and O–H groups in total. The molecule has 2 heterocycles. The Labute approximate surface area is 109 Å². The van der Waals surface area contributed by atoms with Gasteiger partial charge in [0.2, 0.25) is 5.82 Å². The zero-order valence-electron chi connectivity index (χ0n) is 10.5. The van der Waals surface area contributed by atoms with E-state index < -0.39 is 0 Å². The monoisotopic (exact) mass is 256 g/mol. The molecule has 6 heteroatoms. The number of aromatic hydroxyl groups is 1. The first-order valence-corrected chi connectivity index (χ1v) is 5.77. The second-order valence-corrected chi connectivity index (χ2v) is 4.30. The second kappa shape index (κ2) is 4.24. The topological polar surface area (TPSA) is 77.0 Å². The number of aryl methyl sites for hydroxylation is 2. The third-order valence-corrected chi connectivity index (χ3v) is 2.86. The minimum absolute atomic E-state index is 0.156. The molecule has 0 fully saturated rings. The smallest absolute Gasteiger partial charge is 0.262 e. The van der Waals surface area contributed by atoms with Crippen LogP contribution in [0.3, 0.4) is 0 Å². The average Bonchev–Trinajstić information content (AvgIpc) is 3.01. The summed E-state index contributed by atoms with van der Waals surface area (Å²) >= 11 is 0. The zero-order valence-corrected chi connectivity index (χ0v) is 10.5. The Morgan fingerprint density at radius 1 is 1.32 bits per heavy atom. The van der Waals surface area contributed by atoms with Gasteiger partial charge in [-0.3, -0.25) is 4.68 Å². The predicted octanol–water partition coefficient (Wildman–Crippen LogP) is 2.15. The van der Waals surface area contributed by atoms with Crippen molar-refractivity contribution in [3.05, 3.63) is 36.2 Å². The number of hydrogen-bond acceptors (Lipinski definition) is 5. The van der Waals surface area contributed by atoms with Crippen LogP contribution >= 0.6 is 0 Å². The summed E-state index contributed by atoms with van der Waals surface area (Å²) < 4.78 is 6.85. The summed E-state index contributed by atoms with van der Waals surface area (Å²) in [6, 6.07) is 5.39. The molecule has 96 valence electrons. The molecule has 0 aliphatic heterocycles. The van der Waals surface area contributed by atoms with Crippen molar-refractivity contribution in [2.45, 2.75) is 6.92 Å². The van der Waals surface area contributed by atoms with E-state index in [1.807, 2.05) is 26.1 Å². The molecular weight excluding hydrogens is 244 g/mol. The fraction of sp³-hybridized carbons (Fsp3) is 0.154. The van der Waals surface area contributed by atoms with Crippen molar-refractivity contribution in [2.24, 2.45) is 7.05 Å². The Balaban J connectivity index is 2.04. The lowest BCUT2D eigenvalue weighted by atomic mass is 10.1. The summed E-state index contributed by atoms with van der Waals surface area (Å²) in [6.45, 7) is 1.82. The SMILES string of the molecule is Cc1cccc(-c2nc(-c3cnn(C)c3)no2)c1O. The van der Waals surface area contributed by atoms with E-state index in [4.69, 9.17) is 4.52 Å². The molecule has 0 atom stereocenters. The molecule has 0 aliphatic rings. The number of aromatic nitrogens is 4. The molecule has 0 saturated carbocycles. The Morgan fingerprint density at radius 3 is 2.89 bits per heavy atom. The van der Waals surface area contributed by atoms with Crippen LogP contribution < -0.4 is 0 Å². The number of rotatable bonds is 2. The normalized spacial score (nSPS) is 10.8. The van der Waals surface area contributed by atoms with Crippen LogP contribution in [0.4, 0.5) is 0 Å². The summed E-state index contributed by atoms with van der Waals surface area (Å²) in [5.74, 6) is 0.896. The van der Waals surface area contributed by atoms with Gasteiger partial charge in [0.1, 0.15) is 5.75 Å². The fourth-order valence-electron chi connectivity index (χ4n) is 1.82. The average molecular weight is 256 g/mol. The van der Waals surface area contributed by atoms with Crippen molar-refractivity contribution in [3.63, 3.8) is 0 Å². The largest absolute Gasteiger partial charge is 0.507 e. The highest BCUT2D eigenvalue weighted by Crippen LogP contribution is 2.31. The number of phenolic OH excluding ortho intramolecular Hbond substituents is 1. The van der Waals surface area contributed by atoms with Gasteiger partial charge in [-0.05, 0) is 18.6 Å². The van der Waals surface area contributed by atoms with Gasteiger partial charge in [-0.15, -0.1) is 0 Å². The van der Waals surface area contributed by atoms with Crippen molar-refractivity contribution in [1.82, 2.24) is 19.9 Å². The summed E-state index contributed by atoms with van der Waals surface area (Å²) in [4.78, 5) is 4.27. The van der Waals surface area contributed by atoms with Gasteiger partial charge in [0, 0.05) is 13.2 Å². The molecule has 0 amide bonds. The van der Waals surface area contributed by atoms with Crippen molar-refractivity contribution in [1.29, 1.82) is 0 Å². The summed E-state index contributed by atoms with van der Waals surface area (Å²) in [7, 11) is 1.82. The minimum atomic E-state index is 0.156. The minimum Gasteiger partial charge on any atom is -0.507 e. The summed E-state index contributed by atoms with van der Waals surface area (Å²) in [5.41, 5.74) is 2.06. The lowest BCUT2D eigenvalue weighted by Gasteiger charge is -2.01. The molecule has 0 aliphatic carbocycles. The van der Waals surface area contributed by atoms with E-state index in [0.29, 0.717) is 17.3 Å². The van der Waals surface area contributed by atoms with Gasteiger partial charge in [0.25, 0.3) is 5.89 Å².